The number of aromatic hydroxyl groups is 1. The standard InChI is InChI=1S/C23H32O3.C20H21NO/c1-3-5-10-17-14-19-20(24)15-18(16-21(19)26-22(17)25)23(11-6-4-2)12-8-7-9-13-23;1-2-3-13-21-15-18(17-11-7-8-12-19(17)21)20(22)14-16-9-5-4-6-10-16/h14-16,24H,3-13H2,1-2H3;4-12,15H,2-3,13-14H2,1H3. The maximum absolute atomic E-state index is 12.7. The van der Waals surface area contributed by atoms with Crippen molar-refractivity contribution in [2.45, 2.75) is 123 Å². The first-order valence-corrected chi connectivity index (χ1v) is 18.3. The van der Waals surface area contributed by atoms with Crippen LogP contribution in [0, 0.1) is 0 Å². The van der Waals surface area contributed by atoms with Crippen molar-refractivity contribution in [3.63, 3.8) is 0 Å². The molecule has 1 fully saturated rings. The fourth-order valence-corrected chi connectivity index (χ4v) is 7.37. The Morgan fingerprint density at radius 3 is 2.27 bits per heavy atom. The number of nitrogens with zero attached hydrogens (tertiary/aromatic N) is 1. The topological polar surface area (TPSA) is 72.4 Å². The van der Waals surface area contributed by atoms with Crippen molar-refractivity contribution in [2.75, 3.05) is 0 Å². The molecule has 254 valence electrons. The van der Waals surface area contributed by atoms with Crippen LogP contribution >= 0.6 is 0 Å². The highest BCUT2D eigenvalue weighted by atomic mass is 16.4. The van der Waals surface area contributed by atoms with Crippen molar-refractivity contribution >= 4 is 27.7 Å². The molecule has 5 aromatic rings. The minimum absolute atomic E-state index is 0.124. The van der Waals surface area contributed by atoms with Gasteiger partial charge in [-0.15, -0.1) is 0 Å². The van der Waals surface area contributed by atoms with Crippen LogP contribution in [0.25, 0.3) is 21.9 Å². The van der Waals surface area contributed by atoms with Gasteiger partial charge in [-0.05, 0) is 79.3 Å². The van der Waals surface area contributed by atoms with Crippen molar-refractivity contribution < 1.29 is 14.3 Å². The van der Waals surface area contributed by atoms with Crippen molar-refractivity contribution in [3.05, 3.63) is 112 Å². The van der Waals surface area contributed by atoms with E-state index in [1.165, 1.54) is 32.1 Å². The average Bonchev–Trinajstić information content (AvgIpc) is 3.49. The number of carbonyl (C=O) groups is 1. The summed E-state index contributed by atoms with van der Waals surface area (Å²) in [5.41, 5.74) is 5.29. The third kappa shape index (κ3) is 8.29. The van der Waals surface area contributed by atoms with E-state index in [0.717, 1.165) is 79.1 Å². The van der Waals surface area contributed by atoms with Crippen LogP contribution in [0.1, 0.15) is 125 Å². The minimum atomic E-state index is -0.256. The number of phenols is 1. The van der Waals surface area contributed by atoms with E-state index >= 15 is 0 Å². The molecule has 6 rings (SSSR count). The predicted molar refractivity (Wildman–Crippen MR) is 198 cm³/mol. The number of carbonyl (C=O) groups excluding carboxylic acids is 1. The molecule has 0 unspecified atom stereocenters. The van der Waals surface area contributed by atoms with Gasteiger partial charge < -0.3 is 14.1 Å². The highest BCUT2D eigenvalue weighted by Crippen LogP contribution is 2.45. The first-order chi connectivity index (χ1) is 23.4. The van der Waals surface area contributed by atoms with Gasteiger partial charge in [-0.2, -0.15) is 0 Å². The number of para-hydroxylation sites is 1. The smallest absolute Gasteiger partial charge is 0.339 e. The summed E-state index contributed by atoms with van der Waals surface area (Å²) in [4.78, 5) is 25.0. The van der Waals surface area contributed by atoms with Crippen LogP contribution in [0.5, 0.6) is 5.75 Å². The average molecular weight is 648 g/mol. The van der Waals surface area contributed by atoms with Gasteiger partial charge in [-0.3, -0.25) is 4.79 Å². The molecule has 1 aliphatic carbocycles. The molecular weight excluding hydrogens is 594 g/mol. The lowest BCUT2D eigenvalue weighted by Gasteiger charge is -2.38. The van der Waals surface area contributed by atoms with E-state index in [9.17, 15) is 14.7 Å². The number of rotatable bonds is 13. The number of phenolic OH excluding ortho intramolecular Hbond substituents is 1. The number of aryl methyl sites for hydroxylation is 2. The molecular formula is C43H53NO4. The highest BCUT2D eigenvalue weighted by molar-refractivity contribution is 6.08. The largest absolute Gasteiger partial charge is 0.507 e. The Kier molecular flexibility index (Phi) is 12.3. The third-order valence-corrected chi connectivity index (χ3v) is 10.2. The van der Waals surface area contributed by atoms with E-state index in [2.05, 4.69) is 37.5 Å². The van der Waals surface area contributed by atoms with E-state index in [4.69, 9.17) is 4.42 Å². The zero-order valence-electron chi connectivity index (χ0n) is 29.2. The number of fused-ring (bicyclic) bond motifs is 2. The number of ketones is 1. The number of hydrogen-bond acceptors (Lipinski definition) is 4. The molecule has 5 heteroatoms. The van der Waals surface area contributed by atoms with Gasteiger partial charge in [0.15, 0.2) is 5.78 Å². The number of benzene rings is 3. The number of unbranched alkanes of at least 4 members (excludes halogenated alkanes) is 3. The lowest BCUT2D eigenvalue weighted by atomic mass is 9.66. The lowest BCUT2D eigenvalue weighted by molar-refractivity contribution is 0.0994. The van der Waals surface area contributed by atoms with Crippen molar-refractivity contribution in [2.24, 2.45) is 0 Å². The van der Waals surface area contributed by atoms with E-state index in [-0.39, 0.29) is 22.6 Å². The molecule has 48 heavy (non-hydrogen) atoms. The zero-order chi connectivity index (χ0) is 33.9. The summed E-state index contributed by atoms with van der Waals surface area (Å²) in [5, 5.41) is 12.4. The van der Waals surface area contributed by atoms with Gasteiger partial charge in [0, 0.05) is 41.2 Å². The summed E-state index contributed by atoms with van der Waals surface area (Å²) in [6.07, 6.45) is 17.1. The van der Waals surface area contributed by atoms with Gasteiger partial charge in [0.1, 0.15) is 11.3 Å². The van der Waals surface area contributed by atoms with Gasteiger partial charge in [0.25, 0.3) is 0 Å². The van der Waals surface area contributed by atoms with Crippen molar-refractivity contribution in [3.8, 4) is 5.75 Å². The molecule has 1 aliphatic rings. The molecule has 0 saturated heterocycles. The Morgan fingerprint density at radius 1 is 0.833 bits per heavy atom. The van der Waals surface area contributed by atoms with Crippen LogP contribution in [-0.2, 0) is 24.8 Å². The second kappa shape index (κ2) is 16.8. The molecule has 2 heterocycles. The lowest BCUT2D eigenvalue weighted by Crippen LogP contribution is -2.29. The normalized spacial score (nSPS) is 14.1. The molecule has 5 nitrogen and oxygen atoms in total. The monoisotopic (exact) mass is 647 g/mol. The second-order valence-electron chi connectivity index (χ2n) is 13.7. The van der Waals surface area contributed by atoms with Gasteiger partial charge in [0.2, 0.25) is 0 Å². The third-order valence-electron chi connectivity index (χ3n) is 10.2. The van der Waals surface area contributed by atoms with E-state index < -0.39 is 0 Å². The summed E-state index contributed by atoms with van der Waals surface area (Å²) in [7, 11) is 0. The zero-order valence-corrected chi connectivity index (χ0v) is 29.2. The summed E-state index contributed by atoms with van der Waals surface area (Å²) >= 11 is 0. The summed E-state index contributed by atoms with van der Waals surface area (Å²) < 4.78 is 7.86. The van der Waals surface area contributed by atoms with E-state index in [1.54, 1.807) is 0 Å². The first kappa shape index (κ1) is 35.2. The Bertz CT molecular complexity index is 1840. The SMILES string of the molecule is CCCCc1cc2c(O)cc(C3(CCCC)CCCCC3)cc2oc1=O.CCCCn1cc(C(=O)Cc2ccccc2)c2ccccc21. The predicted octanol–water partition coefficient (Wildman–Crippen LogP) is 11.1. The Labute approximate surface area is 286 Å². The Morgan fingerprint density at radius 2 is 1.54 bits per heavy atom. The first-order valence-electron chi connectivity index (χ1n) is 18.3. The fourth-order valence-electron chi connectivity index (χ4n) is 7.37. The molecule has 3 aromatic carbocycles. The summed E-state index contributed by atoms with van der Waals surface area (Å²) in [6, 6.07) is 23.9. The van der Waals surface area contributed by atoms with Gasteiger partial charge in [0.05, 0.1) is 5.39 Å². The van der Waals surface area contributed by atoms with Gasteiger partial charge in [-0.1, -0.05) is 114 Å². The van der Waals surface area contributed by atoms with Gasteiger partial charge in [-0.25, -0.2) is 4.79 Å². The van der Waals surface area contributed by atoms with Crippen LogP contribution in [0.2, 0.25) is 0 Å². The second-order valence-corrected chi connectivity index (χ2v) is 13.7. The van der Waals surface area contributed by atoms with E-state index in [0.29, 0.717) is 29.4 Å². The van der Waals surface area contributed by atoms with Crippen LogP contribution in [-0.4, -0.2) is 15.5 Å². The Hall–Kier alpha value is -4.12. The molecule has 0 amide bonds. The quantitative estimate of drug-likeness (QED) is 0.102. The van der Waals surface area contributed by atoms with E-state index in [1.807, 2.05) is 66.9 Å². The molecule has 2 aromatic heterocycles. The van der Waals surface area contributed by atoms with Crippen LogP contribution in [0.15, 0.2) is 88.2 Å². The molecule has 1 N–H and O–H groups in total. The van der Waals surface area contributed by atoms with Crippen molar-refractivity contribution in [1.29, 1.82) is 0 Å². The maximum atomic E-state index is 12.7. The molecule has 1 saturated carbocycles. The van der Waals surface area contributed by atoms with Crippen LogP contribution in [0.4, 0.5) is 0 Å². The molecule has 0 atom stereocenters. The summed E-state index contributed by atoms with van der Waals surface area (Å²) in [6.45, 7) is 7.49. The molecule has 0 radical (unpaired) electrons. The number of Topliss-reactive ketones (excluding diaryl/α,β-unsaturated/α-hetero) is 1. The van der Waals surface area contributed by atoms with Gasteiger partial charge >= 0.3 is 5.63 Å². The molecule has 0 aliphatic heterocycles. The fraction of sp³-hybridized carbons (Fsp3) is 0.442. The minimum Gasteiger partial charge on any atom is -0.507 e. The van der Waals surface area contributed by atoms with Crippen molar-refractivity contribution in [1.82, 2.24) is 4.57 Å². The Balaban J connectivity index is 0.000000190. The number of hydrogen-bond donors (Lipinski definition) is 1. The summed E-state index contributed by atoms with van der Waals surface area (Å²) in [5.74, 6) is 0.443. The highest BCUT2D eigenvalue weighted by Gasteiger charge is 2.34. The maximum Gasteiger partial charge on any atom is 0.339 e. The number of aromatic nitrogens is 1. The van der Waals surface area contributed by atoms with Crippen LogP contribution in [0.3, 0.4) is 0 Å². The molecule has 0 bridgehead atoms. The molecule has 0 spiro atoms. The van der Waals surface area contributed by atoms with Crippen LogP contribution < -0.4 is 5.63 Å².